The van der Waals surface area contributed by atoms with E-state index in [0.717, 1.165) is 34.8 Å². The monoisotopic (exact) mass is 532 g/mol. The minimum absolute atomic E-state index is 0.124. The highest BCUT2D eigenvalue weighted by Gasteiger charge is 2.34. The number of anilines is 4. The Kier molecular flexibility index (Phi) is 6.63. The summed E-state index contributed by atoms with van der Waals surface area (Å²) in [6.07, 6.45) is -2.98. The minimum atomic E-state index is -4.69. The third-order valence-electron chi connectivity index (χ3n) is 5.99. The van der Waals surface area contributed by atoms with Gasteiger partial charge in [-0.3, -0.25) is 4.98 Å². The Bertz CT molecular complexity index is 1440. The molecule has 1 fully saturated rings. The first-order valence-corrected chi connectivity index (χ1v) is 11.7. The molecule has 0 bridgehead atoms. The standard InChI is InChI=1S/C25H21ClF4N6O/c1-37-18-12-16(27)11-17(13-18)32-24-33-22(25(28,29)30)14-23(34-24)36-8-6-35(7-9-36)21-4-5-31-20-10-15(26)2-3-19(20)21/h2-5,10-14H,6-9H2,1H3,(H,32,33,34). The van der Waals surface area contributed by atoms with Gasteiger partial charge in [0, 0.05) is 72.4 Å². The van der Waals surface area contributed by atoms with Crippen LogP contribution in [0.1, 0.15) is 5.69 Å². The third kappa shape index (κ3) is 5.46. The molecule has 0 aliphatic carbocycles. The summed E-state index contributed by atoms with van der Waals surface area (Å²) < 4.78 is 59.9. The zero-order chi connectivity index (χ0) is 26.2. The Labute approximate surface area is 214 Å². The quantitative estimate of drug-likeness (QED) is 0.320. The van der Waals surface area contributed by atoms with Gasteiger partial charge in [0.05, 0.1) is 12.6 Å². The smallest absolute Gasteiger partial charge is 0.433 e. The van der Waals surface area contributed by atoms with Crippen molar-refractivity contribution in [2.75, 3.05) is 48.4 Å². The number of ether oxygens (including phenoxy) is 1. The number of nitrogens with zero attached hydrogens (tertiary/aromatic N) is 5. The van der Waals surface area contributed by atoms with Crippen molar-refractivity contribution >= 4 is 45.6 Å². The third-order valence-corrected chi connectivity index (χ3v) is 6.23. The number of rotatable bonds is 5. The molecule has 1 aliphatic heterocycles. The van der Waals surface area contributed by atoms with Crippen LogP contribution >= 0.6 is 11.6 Å². The molecule has 0 unspecified atom stereocenters. The molecule has 0 spiro atoms. The topological polar surface area (TPSA) is 66.4 Å². The summed E-state index contributed by atoms with van der Waals surface area (Å²) in [5, 5.41) is 4.21. The zero-order valence-corrected chi connectivity index (χ0v) is 20.3. The number of nitrogens with one attached hydrogen (secondary N) is 1. The van der Waals surface area contributed by atoms with Crippen LogP contribution in [0, 0.1) is 5.82 Å². The zero-order valence-electron chi connectivity index (χ0n) is 19.6. The summed E-state index contributed by atoms with van der Waals surface area (Å²) in [4.78, 5) is 16.2. The van der Waals surface area contributed by atoms with Crippen LogP contribution in [0.2, 0.25) is 5.02 Å². The number of alkyl halides is 3. The van der Waals surface area contributed by atoms with E-state index in [2.05, 4.69) is 25.2 Å². The Morgan fingerprint density at radius 2 is 1.70 bits per heavy atom. The molecule has 1 aliphatic rings. The molecule has 3 heterocycles. The highest BCUT2D eigenvalue weighted by atomic mass is 35.5. The predicted octanol–water partition coefficient (Wildman–Crippen LogP) is 5.91. The summed E-state index contributed by atoms with van der Waals surface area (Å²) in [5.74, 6) is -0.580. The van der Waals surface area contributed by atoms with Crippen LogP contribution in [0.5, 0.6) is 5.75 Å². The maximum Gasteiger partial charge on any atom is 0.433 e. The molecule has 0 atom stereocenters. The lowest BCUT2D eigenvalue weighted by Crippen LogP contribution is -2.47. The summed E-state index contributed by atoms with van der Waals surface area (Å²) in [5.41, 5.74) is 0.810. The van der Waals surface area contributed by atoms with Crippen molar-refractivity contribution in [3.63, 3.8) is 0 Å². The SMILES string of the molecule is COc1cc(F)cc(Nc2nc(N3CCN(c4ccnc5cc(Cl)ccc45)CC3)cc(C(F)(F)F)n2)c1. The van der Waals surface area contributed by atoms with Crippen LogP contribution in [0.25, 0.3) is 10.9 Å². The van der Waals surface area contributed by atoms with Gasteiger partial charge in [-0.05, 0) is 30.3 Å². The number of methoxy groups -OCH3 is 1. The van der Waals surface area contributed by atoms with E-state index in [4.69, 9.17) is 16.3 Å². The Hall–Kier alpha value is -3.86. The van der Waals surface area contributed by atoms with Crippen LogP contribution in [-0.2, 0) is 6.18 Å². The number of piperazine rings is 1. The van der Waals surface area contributed by atoms with Crippen molar-refractivity contribution in [2.24, 2.45) is 0 Å². The van der Waals surface area contributed by atoms with E-state index in [1.54, 1.807) is 23.2 Å². The molecule has 12 heteroatoms. The van der Waals surface area contributed by atoms with Crippen molar-refractivity contribution in [1.29, 1.82) is 0 Å². The lowest BCUT2D eigenvalue weighted by atomic mass is 10.1. The van der Waals surface area contributed by atoms with E-state index in [1.807, 2.05) is 12.1 Å². The fraction of sp³-hybridized carbons (Fsp3) is 0.240. The van der Waals surface area contributed by atoms with Crippen molar-refractivity contribution in [3.05, 3.63) is 71.3 Å². The molecule has 5 rings (SSSR count). The Balaban J connectivity index is 1.39. The molecule has 2 aromatic carbocycles. The molecule has 2 aromatic heterocycles. The Morgan fingerprint density at radius 3 is 2.43 bits per heavy atom. The molecular formula is C25H21ClF4N6O. The molecule has 0 radical (unpaired) electrons. The second kappa shape index (κ2) is 9.89. The first-order chi connectivity index (χ1) is 17.7. The highest BCUT2D eigenvalue weighted by Crippen LogP contribution is 2.33. The molecule has 37 heavy (non-hydrogen) atoms. The van der Waals surface area contributed by atoms with Crippen molar-refractivity contribution < 1.29 is 22.3 Å². The van der Waals surface area contributed by atoms with E-state index in [9.17, 15) is 17.6 Å². The van der Waals surface area contributed by atoms with E-state index in [1.165, 1.54) is 13.2 Å². The fourth-order valence-corrected chi connectivity index (χ4v) is 4.40. The number of fused-ring (bicyclic) bond motifs is 1. The maximum absolute atomic E-state index is 13.9. The van der Waals surface area contributed by atoms with E-state index < -0.39 is 17.7 Å². The first kappa shape index (κ1) is 24.8. The normalized spacial score (nSPS) is 14.2. The second-order valence-electron chi connectivity index (χ2n) is 8.40. The van der Waals surface area contributed by atoms with Crippen LogP contribution < -0.4 is 19.9 Å². The lowest BCUT2D eigenvalue weighted by Gasteiger charge is -2.37. The van der Waals surface area contributed by atoms with Gasteiger partial charge in [-0.25, -0.2) is 9.37 Å². The number of halogens is 5. The van der Waals surface area contributed by atoms with Crippen LogP contribution in [0.3, 0.4) is 0 Å². The Morgan fingerprint density at radius 1 is 0.946 bits per heavy atom. The van der Waals surface area contributed by atoms with Crippen molar-refractivity contribution in [2.45, 2.75) is 6.18 Å². The van der Waals surface area contributed by atoms with Gasteiger partial charge in [-0.1, -0.05) is 11.6 Å². The molecule has 1 saturated heterocycles. The number of hydrogen-bond donors (Lipinski definition) is 1. The molecular weight excluding hydrogens is 512 g/mol. The fourth-order valence-electron chi connectivity index (χ4n) is 4.24. The van der Waals surface area contributed by atoms with Gasteiger partial charge in [0.2, 0.25) is 5.95 Å². The van der Waals surface area contributed by atoms with Gasteiger partial charge >= 0.3 is 6.18 Å². The highest BCUT2D eigenvalue weighted by molar-refractivity contribution is 6.31. The van der Waals surface area contributed by atoms with Crippen molar-refractivity contribution in [1.82, 2.24) is 15.0 Å². The van der Waals surface area contributed by atoms with Crippen LogP contribution in [0.15, 0.2) is 54.7 Å². The molecule has 4 aromatic rings. The average Bonchev–Trinajstić information content (AvgIpc) is 2.87. The predicted molar refractivity (Wildman–Crippen MR) is 134 cm³/mol. The lowest BCUT2D eigenvalue weighted by molar-refractivity contribution is -0.141. The molecule has 0 amide bonds. The minimum Gasteiger partial charge on any atom is -0.497 e. The maximum atomic E-state index is 13.9. The molecule has 7 nitrogen and oxygen atoms in total. The van der Waals surface area contributed by atoms with E-state index in [-0.39, 0.29) is 23.2 Å². The molecule has 192 valence electrons. The number of hydrogen-bond acceptors (Lipinski definition) is 7. The van der Waals surface area contributed by atoms with E-state index in [0.29, 0.717) is 31.2 Å². The largest absolute Gasteiger partial charge is 0.497 e. The summed E-state index contributed by atoms with van der Waals surface area (Å²) >= 11 is 6.09. The second-order valence-corrected chi connectivity index (χ2v) is 8.84. The van der Waals surface area contributed by atoms with Crippen LogP contribution in [-0.4, -0.2) is 48.2 Å². The van der Waals surface area contributed by atoms with Crippen LogP contribution in [0.4, 0.5) is 40.7 Å². The van der Waals surface area contributed by atoms with Gasteiger partial charge in [0.1, 0.15) is 17.4 Å². The number of aromatic nitrogens is 3. The molecule has 1 N–H and O–H groups in total. The van der Waals surface area contributed by atoms with Gasteiger partial charge in [0.25, 0.3) is 0 Å². The molecule has 0 saturated carbocycles. The summed E-state index contributed by atoms with van der Waals surface area (Å²) in [6.45, 7) is 1.96. The number of pyridine rings is 1. The van der Waals surface area contributed by atoms with Gasteiger partial charge in [-0.15, -0.1) is 0 Å². The summed E-state index contributed by atoms with van der Waals surface area (Å²) in [7, 11) is 1.36. The van der Waals surface area contributed by atoms with Gasteiger partial charge < -0.3 is 19.9 Å². The van der Waals surface area contributed by atoms with Gasteiger partial charge in [-0.2, -0.15) is 18.2 Å². The van der Waals surface area contributed by atoms with Crippen molar-refractivity contribution in [3.8, 4) is 5.75 Å². The van der Waals surface area contributed by atoms with Gasteiger partial charge in [0.15, 0.2) is 5.69 Å². The number of benzene rings is 2. The van der Waals surface area contributed by atoms with E-state index >= 15 is 0 Å². The average molecular weight is 533 g/mol. The first-order valence-electron chi connectivity index (χ1n) is 11.3. The summed E-state index contributed by atoms with van der Waals surface area (Å²) in [6, 6.07) is 12.1.